The summed E-state index contributed by atoms with van der Waals surface area (Å²) in [6.07, 6.45) is -4.46. The molecule has 0 aliphatic rings. The van der Waals surface area contributed by atoms with Crippen molar-refractivity contribution in [3.63, 3.8) is 0 Å². The van der Waals surface area contributed by atoms with Crippen molar-refractivity contribution in [2.45, 2.75) is 13.1 Å². The fourth-order valence-corrected chi connectivity index (χ4v) is 2.61. The molecule has 0 aliphatic heterocycles. The monoisotopic (exact) mass is 346 g/mol. The second-order valence-electron chi connectivity index (χ2n) is 5.53. The molecule has 1 heterocycles. The molecule has 4 nitrogen and oxygen atoms in total. The summed E-state index contributed by atoms with van der Waals surface area (Å²) in [5.41, 5.74) is 0.813. The van der Waals surface area contributed by atoms with Crippen molar-refractivity contribution in [1.82, 2.24) is 4.98 Å². The van der Waals surface area contributed by atoms with Gasteiger partial charge < -0.3 is 10.3 Å². The van der Waals surface area contributed by atoms with Gasteiger partial charge in [-0.15, -0.1) is 0 Å². The second-order valence-corrected chi connectivity index (χ2v) is 5.53. The van der Waals surface area contributed by atoms with Crippen LogP contribution in [0.2, 0.25) is 0 Å². The predicted octanol–water partition coefficient (Wildman–Crippen LogP) is 4.32. The third-order valence-electron chi connectivity index (χ3n) is 3.80. The average Bonchev–Trinajstić information content (AvgIpc) is 2.89. The quantitative estimate of drug-likeness (QED) is 0.548. The molecule has 0 radical (unpaired) electrons. The number of nitrogens with one attached hydrogen (secondary N) is 2. The number of alkyl halides is 3. The first-order valence-corrected chi connectivity index (χ1v) is 7.37. The van der Waals surface area contributed by atoms with E-state index < -0.39 is 23.4 Å². The number of aromatic nitrogens is 1. The number of ketones is 1. The van der Waals surface area contributed by atoms with E-state index in [-0.39, 0.29) is 11.3 Å². The van der Waals surface area contributed by atoms with Gasteiger partial charge in [-0.3, -0.25) is 9.59 Å². The number of aryl methyl sites for hydroxylation is 1. The Balaban J connectivity index is 1.83. The van der Waals surface area contributed by atoms with E-state index in [1.54, 1.807) is 31.2 Å². The Morgan fingerprint density at radius 1 is 1.00 bits per heavy atom. The van der Waals surface area contributed by atoms with Crippen molar-refractivity contribution in [3.05, 3.63) is 65.4 Å². The summed E-state index contributed by atoms with van der Waals surface area (Å²) in [5.74, 6) is -1.66. The van der Waals surface area contributed by atoms with Crippen LogP contribution < -0.4 is 5.32 Å². The number of amides is 1. The number of rotatable bonds is 3. The topological polar surface area (TPSA) is 62.0 Å². The first kappa shape index (κ1) is 16.8. The summed E-state index contributed by atoms with van der Waals surface area (Å²) >= 11 is 0. The smallest absolute Gasteiger partial charge is 0.358 e. The van der Waals surface area contributed by atoms with Crippen LogP contribution in [-0.4, -0.2) is 16.7 Å². The van der Waals surface area contributed by atoms with Crippen LogP contribution >= 0.6 is 0 Å². The van der Waals surface area contributed by atoms with Gasteiger partial charge >= 0.3 is 6.18 Å². The first-order valence-electron chi connectivity index (χ1n) is 7.37. The highest BCUT2D eigenvalue weighted by molar-refractivity contribution is 6.48. The van der Waals surface area contributed by atoms with Gasteiger partial charge in [0, 0.05) is 22.3 Å². The summed E-state index contributed by atoms with van der Waals surface area (Å²) < 4.78 is 37.6. The third-order valence-corrected chi connectivity index (χ3v) is 3.80. The van der Waals surface area contributed by atoms with Crippen molar-refractivity contribution in [2.24, 2.45) is 0 Å². The Labute approximate surface area is 140 Å². The minimum atomic E-state index is -4.46. The minimum absolute atomic E-state index is 0.115. The van der Waals surface area contributed by atoms with E-state index >= 15 is 0 Å². The Bertz CT molecular complexity index is 957. The molecule has 2 aromatic carbocycles. The SMILES string of the molecule is Cc1[nH]c2ccccc2c1C(=O)C(=O)Nc1ccc(C(F)(F)F)cc1. The molecule has 25 heavy (non-hydrogen) atoms. The maximum Gasteiger partial charge on any atom is 0.416 e. The number of carbonyl (C=O) groups excluding carboxylic acids is 2. The van der Waals surface area contributed by atoms with Crippen molar-refractivity contribution in [1.29, 1.82) is 0 Å². The largest absolute Gasteiger partial charge is 0.416 e. The zero-order chi connectivity index (χ0) is 18.2. The molecule has 3 rings (SSSR count). The van der Waals surface area contributed by atoms with Crippen LogP contribution in [0.5, 0.6) is 0 Å². The van der Waals surface area contributed by atoms with E-state index in [0.29, 0.717) is 11.1 Å². The summed E-state index contributed by atoms with van der Waals surface area (Å²) in [6, 6.07) is 11.0. The van der Waals surface area contributed by atoms with Crippen LogP contribution in [0.1, 0.15) is 21.6 Å². The molecule has 7 heteroatoms. The van der Waals surface area contributed by atoms with Gasteiger partial charge in [-0.1, -0.05) is 18.2 Å². The van der Waals surface area contributed by atoms with Gasteiger partial charge in [0.15, 0.2) is 0 Å². The molecular weight excluding hydrogens is 333 g/mol. The first-order chi connectivity index (χ1) is 11.8. The molecule has 0 saturated carbocycles. The number of halogens is 3. The number of carbonyl (C=O) groups is 2. The van der Waals surface area contributed by atoms with Gasteiger partial charge in [0.25, 0.3) is 11.7 Å². The lowest BCUT2D eigenvalue weighted by Crippen LogP contribution is -2.23. The van der Waals surface area contributed by atoms with Crippen LogP contribution in [-0.2, 0) is 11.0 Å². The molecule has 0 atom stereocenters. The van der Waals surface area contributed by atoms with Crippen LogP contribution in [0.4, 0.5) is 18.9 Å². The van der Waals surface area contributed by atoms with E-state index in [9.17, 15) is 22.8 Å². The normalized spacial score (nSPS) is 11.5. The molecule has 1 amide bonds. The van der Waals surface area contributed by atoms with Crippen molar-refractivity contribution >= 4 is 28.3 Å². The number of hydrogen-bond donors (Lipinski definition) is 2. The molecule has 1 aromatic heterocycles. The fourth-order valence-electron chi connectivity index (χ4n) is 2.61. The van der Waals surface area contributed by atoms with Gasteiger partial charge in [-0.2, -0.15) is 13.2 Å². The molecular formula is C18H13F3N2O2. The molecule has 2 N–H and O–H groups in total. The van der Waals surface area contributed by atoms with Crippen LogP contribution in [0.3, 0.4) is 0 Å². The number of anilines is 1. The molecule has 0 bridgehead atoms. The van der Waals surface area contributed by atoms with E-state index in [4.69, 9.17) is 0 Å². The van der Waals surface area contributed by atoms with Crippen molar-refractivity contribution in [2.75, 3.05) is 5.32 Å². The van der Waals surface area contributed by atoms with Crippen LogP contribution in [0.25, 0.3) is 10.9 Å². The number of benzene rings is 2. The Hall–Kier alpha value is -3.09. The van der Waals surface area contributed by atoms with Crippen molar-refractivity contribution in [3.8, 4) is 0 Å². The maximum absolute atomic E-state index is 12.5. The summed E-state index contributed by atoms with van der Waals surface area (Å²) in [7, 11) is 0. The number of hydrogen-bond acceptors (Lipinski definition) is 2. The molecule has 0 saturated heterocycles. The van der Waals surface area contributed by atoms with E-state index in [1.165, 1.54) is 0 Å². The fraction of sp³-hybridized carbons (Fsp3) is 0.111. The van der Waals surface area contributed by atoms with E-state index in [0.717, 1.165) is 29.8 Å². The van der Waals surface area contributed by atoms with Gasteiger partial charge in [0.2, 0.25) is 0 Å². The van der Waals surface area contributed by atoms with Gasteiger partial charge in [0.05, 0.1) is 11.1 Å². The minimum Gasteiger partial charge on any atom is -0.358 e. The number of para-hydroxylation sites is 1. The number of fused-ring (bicyclic) bond motifs is 1. The maximum atomic E-state index is 12.5. The highest BCUT2D eigenvalue weighted by atomic mass is 19.4. The lowest BCUT2D eigenvalue weighted by atomic mass is 10.1. The average molecular weight is 346 g/mol. The molecule has 0 fully saturated rings. The van der Waals surface area contributed by atoms with Gasteiger partial charge in [-0.25, -0.2) is 0 Å². The van der Waals surface area contributed by atoms with Gasteiger partial charge in [0.1, 0.15) is 0 Å². The molecule has 0 aliphatic carbocycles. The number of aromatic amines is 1. The zero-order valence-electron chi connectivity index (χ0n) is 13.1. The lowest BCUT2D eigenvalue weighted by Gasteiger charge is -2.08. The number of Topliss-reactive ketones (excluding diaryl/α,β-unsaturated/α-hetero) is 1. The predicted molar refractivity (Wildman–Crippen MR) is 87.4 cm³/mol. The summed E-state index contributed by atoms with van der Waals surface area (Å²) in [5, 5.41) is 2.95. The van der Waals surface area contributed by atoms with E-state index in [1.807, 2.05) is 0 Å². The summed E-state index contributed by atoms with van der Waals surface area (Å²) in [4.78, 5) is 27.7. The Kier molecular flexibility index (Phi) is 4.08. The highest BCUT2D eigenvalue weighted by Crippen LogP contribution is 2.30. The standard InChI is InChI=1S/C18H13F3N2O2/c1-10-15(13-4-2-3-5-14(13)22-10)16(24)17(25)23-12-8-6-11(7-9-12)18(19,20)21/h2-9,22H,1H3,(H,23,25). The van der Waals surface area contributed by atoms with E-state index in [2.05, 4.69) is 10.3 Å². The highest BCUT2D eigenvalue weighted by Gasteiger charge is 2.30. The third kappa shape index (κ3) is 3.26. The van der Waals surface area contributed by atoms with Crippen molar-refractivity contribution < 1.29 is 22.8 Å². The zero-order valence-corrected chi connectivity index (χ0v) is 13.1. The summed E-state index contributed by atoms with van der Waals surface area (Å²) in [6.45, 7) is 1.68. The molecule has 0 unspecified atom stereocenters. The Morgan fingerprint density at radius 2 is 1.64 bits per heavy atom. The molecule has 0 spiro atoms. The van der Waals surface area contributed by atoms with Crippen LogP contribution in [0, 0.1) is 6.92 Å². The van der Waals surface area contributed by atoms with Gasteiger partial charge in [-0.05, 0) is 37.3 Å². The number of H-pyrrole nitrogens is 1. The lowest BCUT2D eigenvalue weighted by molar-refractivity contribution is -0.137. The second kappa shape index (κ2) is 6.08. The molecule has 128 valence electrons. The van der Waals surface area contributed by atoms with Crippen LogP contribution in [0.15, 0.2) is 48.5 Å². The molecule has 3 aromatic rings. The Morgan fingerprint density at radius 3 is 2.28 bits per heavy atom.